The molecule has 9 heteroatoms. The Kier molecular flexibility index (Phi) is 4.74. The van der Waals surface area contributed by atoms with Crippen molar-refractivity contribution in [3.8, 4) is 0 Å². The molecule has 1 saturated heterocycles. The van der Waals surface area contributed by atoms with E-state index in [1.807, 2.05) is 0 Å². The van der Waals surface area contributed by atoms with Gasteiger partial charge in [0.1, 0.15) is 5.01 Å². The third-order valence-corrected chi connectivity index (χ3v) is 5.80. The molecular weight excluding hydrogens is 343 g/mol. The number of likely N-dealkylation sites (tertiary alicyclic amines) is 1. The maximum absolute atomic E-state index is 12.5. The molecule has 2 heterocycles. The number of carbonyl (C=O) groups is 1. The average molecular weight is 363 g/mol. The summed E-state index contributed by atoms with van der Waals surface area (Å²) in [5.74, 6) is 0.0856. The van der Waals surface area contributed by atoms with Crippen molar-refractivity contribution in [3.63, 3.8) is 0 Å². The molecule has 0 aromatic carbocycles. The third kappa shape index (κ3) is 3.66. The summed E-state index contributed by atoms with van der Waals surface area (Å²) in [5.41, 5.74) is -1.59. The first kappa shape index (κ1) is 17.5. The Labute approximate surface area is 141 Å². The summed E-state index contributed by atoms with van der Waals surface area (Å²) in [5, 5.41) is 14.4. The predicted octanol–water partition coefficient (Wildman–Crippen LogP) is 3.00. The van der Waals surface area contributed by atoms with Gasteiger partial charge in [-0.3, -0.25) is 0 Å². The van der Waals surface area contributed by atoms with E-state index in [-0.39, 0.29) is 23.5 Å². The molecule has 2 atom stereocenters. The van der Waals surface area contributed by atoms with Crippen LogP contribution in [0, 0.1) is 5.92 Å². The summed E-state index contributed by atoms with van der Waals surface area (Å²) in [6, 6.07) is -0.314. The quantitative estimate of drug-likeness (QED) is 0.849. The minimum absolute atomic E-state index is 0.0228. The molecule has 2 unspecified atom stereocenters. The number of carbonyl (C=O) groups excluding carboxylic acids is 1. The number of hydrogen-bond acceptors (Lipinski definition) is 4. The normalized spacial score (nSPS) is 27.7. The number of alkyl halides is 3. The maximum atomic E-state index is 12.5. The predicted molar refractivity (Wildman–Crippen MR) is 82.4 cm³/mol. The zero-order valence-corrected chi connectivity index (χ0v) is 13.9. The van der Waals surface area contributed by atoms with Crippen molar-refractivity contribution >= 4 is 17.4 Å². The van der Waals surface area contributed by atoms with Crippen LogP contribution in [0.2, 0.25) is 0 Å². The van der Waals surface area contributed by atoms with E-state index in [9.17, 15) is 23.1 Å². The van der Waals surface area contributed by atoms with Gasteiger partial charge in [0.15, 0.2) is 5.69 Å². The van der Waals surface area contributed by atoms with Crippen LogP contribution >= 0.6 is 11.3 Å². The van der Waals surface area contributed by atoms with Crippen LogP contribution in [0.1, 0.15) is 42.8 Å². The van der Waals surface area contributed by atoms with E-state index in [2.05, 4.69) is 10.3 Å². The fourth-order valence-electron chi connectivity index (χ4n) is 3.54. The number of piperidine rings is 1. The van der Waals surface area contributed by atoms with Crippen molar-refractivity contribution in [1.82, 2.24) is 15.2 Å². The Bertz CT molecular complexity index is 607. The third-order valence-electron chi connectivity index (χ3n) is 4.95. The van der Waals surface area contributed by atoms with E-state index in [0.717, 1.165) is 42.4 Å². The Morgan fingerprint density at radius 1 is 1.46 bits per heavy atom. The molecule has 1 aromatic rings. The van der Waals surface area contributed by atoms with Gasteiger partial charge in [-0.05, 0) is 19.3 Å². The molecule has 1 aliphatic carbocycles. The zero-order chi connectivity index (χ0) is 17.4. The van der Waals surface area contributed by atoms with Crippen molar-refractivity contribution in [2.45, 2.75) is 50.4 Å². The first-order chi connectivity index (χ1) is 11.3. The van der Waals surface area contributed by atoms with Gasteiger partial charge in [0.25, 0.3) is 0 Å². The Morgan fingerprint density at radius 2 is 2.25 bits per heavy atom. The van der Waals surface area contributed by atoms with Gasteiger partial charge in [-0.2, -0.15) is 13.2 Å². The number of nitrogens with one attached hydrogen (secondary N) is 1. The molecule has 0 radical (unpaired) electrons. The summed E-state index contributed by atoms with van der Waals surface area (Å²) in [6.07, 6.45) is -0.141. The fraction of sp³-hybridized carbons (Fsp3) is 0.733. The Balaban J connectivity index is 1.53. The van der Waals surface area contributed by atoms with Crippen LogP contribution in [0.3, 0.4) is 0 Å². The van der Waals surface area contributed by atoms with Crippen molar-refractivity contribution in [2.24, 2.45) is 5.92 Å². The minimum atomic E-state index is -4.46. The second-order valence-electron chi connectivity index (χ2n) is 6.53. The molecule has 1 aliphatic heterocycles. The molecule has 1 saturated carbocycles. The number of halogens is 3. The monoisotopic (exact) mass is 363 g/mol. The molecule has 2 fully saturated rings. The standard InChI is InChI=1S/C15H20F3N3O2S/c16-15(17,18)11-9-24-12(20-11)7-19-13(22)21-6-5-14(23)4-2-1-3-10(14)8-21/h9-10,23H,1-8H2,(H,19,22). The molecule has 0 bridgehead atoms. The lowest BCUT2D eigenvalue weighted by atomic mass is 9.71. The molecule has 1 aromatic heterocycles. The number of thiazole rings is 1. The number of rotatable bonds is 2. The maximum Gasteiger partial charge on any atom is 0.434 e. The van der Waals surface area contributed by atoms with E-state index in [1.54, 1.807) is 4.90 Å². The van der Waals surface area contributed by atoms with E-state index in [4.69, 9.17) is 0 Å². The fourth-order valence-corrected chi connectivity index (χ4v) is 4.28. The lowest BCUT2D eigenvalue weighted by molar-refractivity contribution is -0.140. The highest BCUT2D eigenvalue weighted by molar-refractivity contribution is 7.09. The van der Waals surface area contributed by atoms with Gasteiger partial charge < -0.3 is 15.3 Å². The lowest BCUT2D eigenvalue weighted by Crippen LogP contribution is -2.56. The molecule has 2 aliphatic rings. The SMILES string of the molecule is O=C(NCc1nc(C(F)(F)F)cs1)N1CCC2(O)CCCCC2C1. The van der Waals surface area contributed by atoms with Crippen molar-refractivity contribution in [2.75, 3.05) is 13.1 Å². The topological polar surface area (TPSA) is 65.5 Å². The highest BCUT2D eigenvalue weighted by atomic mass is 32.1. The molecule has 0 spiro atoms. The number of aromatic nitrogens is 1. The van der Waals surface area contributed by atoms with Gasteiger partial charge in [0.05, 0.1) is 12.1 Å². The van der Waals surface area contributed by atoms with Crippen LogP contribution in [0.4, 0.5) is 18.0 Å². The number of hydrogen-bond donors (Lipinski definition) is 2. The van der Waals surface area contributed by atoms with Crippen LogP contribution in [0.25, 0.3) is 0 Å². The molecular formula is C15H20F3N3O2S. The van der Waals surface area contributed by atoms with Crippen LogP contribution in [0.5, 0.6) is 0 Å². The summed E-state index contributed by atoms with van der Waals surface area (Å²) < 4.78 is 37.5. The molecule has 2 N–H and O–H groups in total. The van der Waals surface area contributed by atoms with Crippen molar-refractivity contribution in [1.29, 1.82) is 0 Å². The van der Waals surface area contributed by atoms with E-state index in [0.29, 0.717) is 19.5 Å². The van der Waals surface area contributed by atoms with Crippen molar-refractivity contribution in [3.05, 3.63) is 16.1 Å². The van der Waals surface area contributed by atoms with Gasteiger partial charge in [0.2, 0.25) is 0 Å². The smallest absolute Gasteiger partial charge is 0.389 e. The second-order valence-corrected chi connectivity index (χ2v) is 7.47. The molecule has 5 nitrogen and oxygen atoms in total. The molecule has 134 valence electrons. The van der Waals surface area contributed by atoms with Gasteiger partial charge >= 0.3 is 12.2 Å². The molecule has 24 heavy (non-hydrogen) atoms. The number of aliphatic hydroxyl groups is 1. The number of nitrogens with zero attached hydrogens (tertiary/aromatic N) is 2. The van der Waals surface area contributed by atoms with Gasteiger partial charge in [-0.15, -0.1) is 11.3 Å². The van der Waals surface area contributed by atoms with Crippen LogP contribution in [-0.4, -0.2) is 39.7 Å². The Hall–Kier alpha value is -1.35. The van der Waals surface area contributed by atoms with E-state index >= 15 is 0 Å². The van der Waals surface area contributed by atoms with E-state index in [1.165, 1.54) is 0 Å². The van der Waals surface area contributed by atoms with Gasteiger partial charge in [-0.1, -0.05) is 12.8 Å². The minimum Gasteiger partial charge on any atom is -0.389 e. The first-order valence-corrected chi connectivity index (χ1v) is 8.93. The number of urea groups is 1. The number of amides is 2. The zero-order valence-electron chi connectivity index (χ0n) is 13.1. The average Bonchev–Trinajstić information content (AvgIpc) is 3.01. The summed E-state index contributed by atoms with van der Waals surface area (Å²) in [6.45, 7) is 0.934. The van der Waals surface area contributed by atoms with Crippen LogP contribution < -0.4 is 5.32 Å². The summed E-state index contributed by atoms with van der Waals surface area (Å²) in [4.78, 5) is 17.4. The van der Waals surface area contributed by atoms with E-state index < -0.39 is 17.5 Å². The molecule has 3 rings (SSSR count). The van der Waals surface area contributed by atoms with Crippen molar-refractivity contribution < 1.29 is 23.1 Å². The largest absolute Gasteiger partial charge is 0.434 e. The van der Waals surface area contributed by atoms with Gasteiger partial charge in [0, 0.05) is 24.4 Å². The lowest BCUT2D eigenvalue weighted by Gasteiger charge is -2.47. The number of fused-ring (bicyclic) bond motifs is 1. The van der Waals surface area contributed by atoms with Crippen LogP contribution in [-0.2, 0) is 12.7 Å². The first-order valence-electron chi connectivity index (χ1n) is 8.05. The molecule has 2 amide bonds. The summed E-state index contributed by atoms with van der Waals surface area (Å²) >= 11 is 0.878. The Morgan fingerprint density at radius 3 is 2.96 bits per heavy atom. The highest BCUT2D eigenvalue weighted by Gasteiger charge is 2.43. The summed E-state index contributed by atoms with van der Waals surface area (Å²) in [7, 11) is 0. The van der Waals surface area contributed by atoms with Crippen LogP contribution in [0.15, 0.2) is 5.38 Å². The highest BCUT2D eigenvalue weighted by Crippen LogP contribution is 2.39. The second kappa shape index (κ2) is 6.51. The van der Waals surface area contributed by atoms with Gasteiger partial charge in [-0.25, -0.2) is 9.78 Å².